The summed E-state index contributed by atoms with van der Waals surface area (Å²) in [6.07, 6.45) is 4.72. The lowest BCUT2D eigenvalue weighted by Crippen LogP contribution is -2.03. The van der Waals surface area contributed by atoms with Crippen LogP contribution < -0.4 is 0 Å². The van der Waals surface area contributed by atoms with Gasteiger partial charge in [-0.15, -0.1) is 0 Å². The first-order chi connectivity index (χ1) is 11.3. The van der Waals surface area contributed by atoms with E-state index in [-0.39, 0.29) is 6.10 Å². The lowest BCUT2D eigenvalue weighted by atomic mass is 10.0. The van der Waals surface area contributed by atoms with E-state index in [9.17, 15) is 0 Å². The molecular weight excluding hydrogens is 280 g/mol. The van der Waals surface area contributed by atoms with E-state index in [4.69, 9.17) is 4.74 Å². The fraction of sp³-hybridized carbons (Fsp3) is 0.182. The highest BCUT2D eigenvalue weighted by molar-refractivity contribution is 5.44. The van der Waals surface area contributed by atoms with E-state index in [0.717, 1.165) is 17.6 Å². The number of benzene rings is 2. The number of rotatable bonds is 6. The van der Waals surface area contributed by atoms with Crippen LogP contribution in [0.15, 0.2) is 85.0 Å². The van der Waals surface area contributed by atoms with Crippen LogP contribution in [-0.4, -0.2) is 6.61 Å². The first kappa shape index (κ1) is 16.8. The molecule has 0 fully saturated rings. The van der Waals surface area contributed by atoms with Gasteiger partial charge in [0, 0.05) is 17.7 Å². The van der Waals surface area contributed by atoms with Crippen LogP contribution in [0.25, 0.3) is 0 Å². The fourth-order valence-corrected chi connectivity index (χ4v) is 2.25. The molecule has 2 rings (SSSR count). The van der Waals surface area contributed by atoms with E-state index < -0.39 is 0 Å². The molecule has 0 spiro atoms. The van der Waals surface area contributed by atoms with Crippen molar-refractivity contribution in [1.29, 1.82) is 0 Å². The van der Waals surface area contributed by atoms with E-state index in [1.165, 1.54) is 5.56 Å². The SMILES string of the molecule is C=C/C(C#Cc1ccccc1)=C/CC(OCC)c1ccccc1. The maximum absolute atomic E-state index is 5.86. The van der Waals surface area contributed by atoms with Crippen LogP contribution in [0.2, 0.25) is 0 Å². The van der Waals surface area contributed by atoms with Gasteiger partial charge in [0.1, 0.15) is 0 Å². The second-order valence-electron chi connectivity index (χ2n) is 5.07. The van der Waals surface area contributed by atoms with Crippen molar-refractivity contribution in [3.05, 3.63) is 96.1 Å². The van der Waals surface area contributed by atoms with Gasteiger partial charge in [0.05, 0.1) is 6.10 Å². The Labute approximate surface area is 139 Å². The average Bonchev–Trinajstić information content (AvgIpc) is 2.62. The highest BCUT2D eigenvalue weighted by Gasteiger charge is 2.09. The molecule has 0 heterocycles. The van der Waals surface area contributed by atoms with E-state index in [1.807, 2.05) is 55.5 Å². The molecule has 23 heavy (non-hydrogen) atoms. The van der Waals surface area contributed by atoms with E-state index in [0.29, 0.717) is 6.61 Å². The number of hydrogen-bond donors (Lipinski definition) is 0. The topological polar surface area (TPSA) is 9.23 Å². The summed E-state index contributed by atoms with van der Waals surface area (Å²) in [6.45, 7) is 6.56. The molecule has 1 heteroatoms. The summed E-state index contributed by atoms with van der Waals surface area (Å²) in [7, 11) is 0. The highest BCUT2D eigenvalue weighted by Crippen LogP contribution is 2.22. The first-order valence-electron chi connectivity index (χ1n) is 7.89. The molecule has 1 unspecified atom stereocenters. The second-order valence-corrected chi connectivity index (χ2v) is 5.07. The molecule has 0 aliphatic heterocycles. The summed E-state index contributed by atoms with van der Waals surface area (Å²) in [4.78, 5) is 0. The largest absolute Gasteiger partial charge is 0.373 e. The molecular formula is C22H22O. The van der Waals surface area contributed by atoms with Crippen molar-refractivity contribution in [3.63, 3.8) is 0 Å². The third kappa shape index (κ3) is 5.62. The van der Waals surface area contributed by atoms with Gasteiger partial charge in [0.2, 0.25) is 0 Å². The maximum Gasteiger partial charge on any atom is 0.0859 e. The van der Waals surface area contributed by atoms with Crippen molar-refractivity contribution in [1.82, 2.24) is 0 Å². The lowest BCUT2D eigenvalue weighted by Gasteiger charge is -2.15. The zero-order valence-corrected chi connectivity index (χ0v) is 13.5. The van der Waals surface area contributed by atoms with Gasteiger partial charge >= 0.3 is 0 Å². The van der Waals surface area contributed by atoms with Crippen LogP contribution >= 0.6 is 0 Å². The van der Waals surface area contributed by atoms with Crippen LogP contribution in [0.4, 0.5) is 0 Å². The van der Waals surface area contributed by atoms with Gasteiger partial charge in [-0.05, 0) is 31.0 Å². The standard InChI is InChI=1S/C22H22O/c1-3-19(15-16-20-11-7-5-8-12-20)17-18-22(23-4-2)21-13-9-6-10-14-21/h3,5-14,17,22H,1,4,18H2,2H3/b19-17-. The normalized spacial score (nSPS) is 12.1. The van der Waals surface area contributed by atoms with Crippen molar-refractivity contribution in [3.8, 4) is 11.8 Å². The third-order valence-corrected chi connectivity index (χ3v) is 3.44. The Balaban J connectivity index is 2.11. The Kier molecular flexibility index (Phi) is 6.91. The van der Waals surface area contributed by atoms with Crippen LogP contribution in [0.1, 0.15) is 30.6 Å². The molecule has 0 bridgehead atoms. The molecule has 116 valence electrons. The minimum absolute atomic E-state index is 0.0506. The molecule has 2 aromatic rings. The summed E-state index contributed by atoms with van der Waals surface area (Å²) in [5.41, 5.74) is 3.11. The Hall–Kier alpha value is -2.56. The van der Waals surface area contributed by atoms with E-state index >= 15 is 0 Å². The third-order valence-electron chi connectivity index (χ3n) is 3.44. The summed E-state index contributed by atoms with van der Waals surface area (Å²) in [6, 6.07) is 20.2. The highest BCUT2D eigenvalue weighted by atomic mass is 16.5. The van der Waals surface area contributed by atoms with E-state index in [1.54, 1.807) is 6.08 Å². The van der Waals surface area contributed by atoms with Gasteiger partial charge in [0.25, 0.3) is 0 Å². The van der Waals surface area contributed by atoms with Crippen molar-refractivity contribution in [2.24, 2.45) is 0 Å². The Morgan fingerprint density at radius 3 is 2.35 bits per heavy atom. The molecule has 0 radical (unpaired) electrons. The Bertz CT molecular complexity index is 687. The zero-order chi connectivity index (χ0) is 16.3. The predicted molar refractivity (Wildman–Crippen MR) is 97.0 cm³/mol. The molecule has 0 saturated carbocycles. The average molecular weight is 302 g/mol. The minimum atomic E-state index is 0.0506. The van der Waals surface area contributed by atoms with Crippen molar-refractivity contribution < 1.29 is 4.74 Å². The van der Waals surface area contributed by atoms with Gasteiger partial charge in [0.15, 0.2) is 0 Å². The molecule has 0 aliphatic carbocycles. The molecule has 2 aromatic carbocycles. The monoisotopic (exact) mass is 302 g/mol. The van der Waals surface area contributed by atoms with Gasteiger partial charge < -0.3 is 4.74 Å². The van der Waals surface area contributed by atoms with Gasteiger partial charge in [-0.2, -0.15) is 0 Å². The number of hydrogen-bond acceptors (Lipinski definition) is 1. The minimum Gasteiger partial charge on any atom is -0.373 e. The second kappa shape index (κ2) is 9.46. The summed E-state index contributed by atoms with van der Waals surface area (Å²) in [5, 5.41) is 0. The quantitative estimate of drug-likeness (QED) is 0.518. The van der Waals surface area contributed by atoms with E-state index in [2.05, 4.69) is 36.6 Å². The first-order valence-corrected chi connectivity index (χ1v) is 7.89. The molecule has 0 aliphatic rings. The van der Waals surface area contributed by atoms with Gasteiger partial charge in [-0.1, -0.05) is 79.1 Å². The molecule has 1 atom stereocenters. The van der Waals surface area contributed by atoms with Gasteiger partial charge in [-0.3, -0.25) is 0 Å². The lowest BCUT2D eigenvalue weighted by molar-refractivity contribution is 0.0647. The van der Waals surface area contributed by atoms with Crippen molar-refractivity contribution in [2.45, 2.75) is 19.4 Å². The van der Waals surface area contributed by atoms with Crippen molar-refractivity contribution in [2.75, 3.05) is 6.61 Å². The Morgan fingerprint density at radius 1 is 1.09 bits per heavy atom. The van der Waals surface area contributed by atoms with Crippen molar-refractivity contribution >= 4 is 0 Å². The smallest absolute Gasteiger partial charge is 0.0859 e. The van der Waals surface area contributed by atoms with Crippen LogP contribution in [0, 0.1) is 11.8 Å². The zero-order valence-electron chi connectivity index (χ0n) is 13.5. The predicted octanol–water partition coefficient (Wildman–Crippen LogP) is 5.32. The maximum atomic E-state index is 5.86. The molecule has 0 saturated heterocycles. The van der Waals surface area contributed by atoms with Crippen LogP contribution in [0.5, 0.6) is 0 Å². The molecule has 1 nitrogen and oxygen atoms in total. The molecule has 0 aromatic heterocycles. The number of allylic oxidation sites excluding steroid dienone is 2. The summed E-state index contributed by atoms with van der Waals surface area (Å²) in [5.74, 6) is 6.33. The molecule has 0 amide bonds. The summed E-state index contributed by atoms with van der Waals surface area (Å²) < 4.78 is 5.86. The molecule has 0 N–H and O–H groups in total. The fourth-order valence-electron chi connectivity index (χ4n) is 2.25. The summed E-state index contributed by atoms with van der Waals surface area (Å²) >= 11 is 0. The van der Waals surface area contributed by atoms with Gasteiger partial charge in [-0.25, -0.2) is 0 Å². The number of ether oxygens (including phenoxy) is 1. The van der Waals surface area contributed by atoms with Crippen LogP contribution in [0.3, 0.4) is 0 Å². The Morgan fingerprint density at radius 2 is 1.74 bits per heavy atom. The van der Waals surface area contributed by atoms with Crippen LogP contribution in [-0.2, 0) is 4.74 Å².